The number of unbranched alkanes of at least 4 members (excludes halogenated alkanes) is 5. The van der Waals surface area contributed by atoms with E-state index in [0.29, 0.717) is 38.5 Å². The van der Waals surface area contributed by atoms with Gasteiger partial charge in [0.05, 0.1) is 18.3 Å². The minimum absolute atomic E-state index is 0.0856. The first kappa shape index (κ1) is 27.8. The SMILES string of the molecule is CCCCCC(=O)CC[C@H]1C(O)CC(O)C1CC(=O)CCCCCCC(=O)OC(C)C. The van der Waals surface area contributed by atoms with Crippen LogP contribution >= 0.6 is 0 Å². The number of ether oxygens (including phenoxy) is 1. The lowest BCUT2D eigenvalue weighted by Crippen LogP contribution is -2.25. The molecular formula is C25H44O6. The molecule has 1 rings (SSSR count). The number of carbonyl (C=O) groups excluding carboxylic acids is 3. The fourth-order valence-corrected chi connectivity index (χ4v) is 4.52. The average molecular weight is 441 g/mol. The molecule has 180 valence electrons. The van der Waals surface area contributed by atoms with Crippen LogP contribution in [-0.4, -0.2) is 46.1 Å². The Balaban J connectivity index is 2.29. The molecule has 0 aliphatic heterocycles. The fraction of sp³-hybridized carbons (Fsp3) is 0.880. The van der Waals surface area contributed by atoms with Crippen LogP contribution in [0.4, 0.5) is 0 Å². The largest absolute Gasteiger partial charge is 0.463 e. The smallest absolute Gasteiger partial charge is 0.306 e. The second-order valence-corrected chi connectivity index (χ2v) is 9.43. The van der Waals surface area contributed by atoms with Crippen molar-refractivity contribution in [3.05, 3.63) is 0 Å². The summed E-state index contributed by atoms with van der Waals surface area (Å²) >= 11 is 0. The first-order valence-electron chi connectivity index (χ1n) is 12.3. The predicted octanol–water partition coefficient (Wildman–Crippen LogP) is 4.53. The summed E-state index contributed by atoms with van der Waals surface area (Å²) in [4.78, 5) is 36.0. The molecular weight excluding hydrogens is 396 g/mol. The molecule has 0 bridgehead atoms. The second-order valence-electron chi connectivity index (χ2n) is 9.43. The maximum atomic E-state index is 12.4. The summed E-state index contributed by atoms with van der Waals surface area (Å²) < 4.78 is 5.10. The molecule has 1 aliphatic rings. The maximum absolute atomic E-state index is 12.4. The molecule has 0 heterocycles. The van der Waals surface area contributed by atoms with Crippen LogP contribution in [0.25, 0.3) is 0 Å². The normalized spacial score (nSPS) is 23.3. The Morgan fingerprint density at radius 2 is 1.39 bits per heavy atom. The summed E-state index contributed by atoms with van der Waals surface area (Å²) in [5.41, 5.74) is 0. The van der Waals surface area contributed by atoms with Crippen molar-refractivity contribution >= 4 is 17.5 Å². The van der Waals surface area contributed by atoms with E-state index in [1.807, 2.05) is 13.8 Å². The molecule has 1 saturated carbocycles. The molecule has 0 aromatic rings. The van der Waals surface area contributed by atoms with E-state index >= 15 is 0 Å². The van der Waals surface area contributed by atoms with Gasteiger partial charge in [0.15, 0.2) is 0 Å². The Morgan fingerprint density at radius 3 is 2.03 bits per heavy atom. The Morgan fingerprint density at radius 1 is 0.806 bits per heavy atom. The summed E-state index contributed by atoms with van der Waals surface area (Å²) in [7, 11) is 0. The number of Topliss-reactive ketones (excluding diaryl/α,β-unsaturated/α-hetero) is 2. The predicted molar refractivity (Wildman–Crippen MR) is 121 cm³/mol. The zero-order valence-corrected chi connectivity index (χ0v) is 19.8. The molecule has 0 amide bonds. The number of ketones is 2. The number of hydrogen-bond donors (Lipinski definition) is 2. The molecule has 0 spiro atoms. The van der Waals surface area contributed by atoms with E-state index in [1.54, 1.807) is 0 Å². The van der Waals surface area contributed by atoms with Crippen LogP contribution in [0.5, 0.6) is 0 Å². The van der Waals surface area contributed by atoms with Gasteiger partial charge in [0, 0.05) is 32.1 Å². The van der Waals surface area contributed by atoms with Crippen LogP contribution in [0.2, 0.25) is 0 Å². The van der Waals surface area contributed by atoms with E-state index in [-0.39, 0.29) is 41.9 Å². The fourth-order valence-electron chi connectivity index (χ4n) is 4.52. The highest BCUT2D eigenvalue weighted by Gasteiger charge is 2.42. The van der Waals surface area contributed by atoms with Crippen molar-refractivity contribution in [1.29, 1.82) is 0 Å². The van der Waals surface area contributed by atoms with Crippen molar-refractivity contribution in [2.75, 3.05) is 0 Å². The quantitative estimate of drug-likeness (QED) is 0.255. The first-order valence-corrected chi connectivity index (χ1v) is 12.3. The van der Waals surface area contributed by atoms with Gasteiger partial charge in [0.1, 0.15) is 11.6 Å². The summed E-state index contributed by atoms with van der Waals surface area (Å²) in [5.74, 6) is -0.284. The lowest BCUT2D eigenvalue weighted by atomic mass is 9.84. The van der Waals surface area contributed by atoms with Crippen molar-refractivity contribution in [2.24, 2.45) is 11.8 Å². The van der Waals surface area contributed by atoms with Gasteiger partial charge >= 0.3 is 5.97 Å². The highest BCUT2D eigenvalue weighted by molar-refractivity contribution is 5.79. The van der Waals surface area contributed by atoms with Gasteiger partial charge in [-0.15, -0.1) is 0 Å². The number of hydrogen-bond acceptors (Lipinski definition) is 6. The van der Waals surface area contributed by atoms with Crippen LogP contribution < -0.4 is 0 Å². The van der Waals surface area contributed by atoms with Crippen LogP contribution in [0.15, 0.2) is 0 Å². The van der Waals surface area contributed by atoms with E-state index in [9.17, 15) is 24.6 Å². The highest BCUT2D eigenvalue weighted by Crippen LogP contribution is 2.38. The Bertz CT molecular complexity index is 544. The van der Waals surface area contributed by atoms with E-state index in [2.05, 4.69) is 6.92 Å². The van der Waals surface area contributed by atoms with Crippen LogP contribution in [-0.2, 0) is 19.1 Å². The summed E-state index contributed by atoms with van der Waals surface area (Å²) in [6.07, 6.45) is 7.92. The highest BCUT2D eigenvalue weighted by atomic mass is 16.5. The Labute approximate surface area is 188 Å². The molecule has 1 fully saturated rings. The van der Waals surface area contributed by atoms with Crippen molar-refractivity contribution in [3.8, 4) is 0 Å². The molecule has 4 atom stereocenters. The Hall–Kier alpha value is -1.27. The Kier molecular flexibility index (Phi) is 13.9. The zero-order chi connectivity index (χ0) is 23.2. The third kappa shape index (κ3) is 11.8. The van der Waals surface area contributed by atoms with Gasteiger partial charge in [-0.1, -0.05) is 32.6 Å². The van der Waals surface area contributed by atoms with Gasteiger partial charge in [0.25, 0.3) is 0 Å². The van der Waals surface area contributed by atoms with Crippen molar-refractivity contribution in [1.82, 2.24) is 0 Å². The number of esters is 1. The van der Waals surface area contributed by atoms with Crippen LogP contribution in [0.3, 0.4) is 0 Å². The molecule has 31 heavy (non-hydrogen) atoms. The minimum atomic E-state index is -0.675. The van der Waals surface area contributed by atoms with E-state index < -0.39 is 12.2 Å². The van der Waals surface area contributed by atoms with Crippen molar-refractivity contribution in [3.63, 3.8) is 0 Å². The number of carbonyl (C=O) groups is 3. The van der Waals surface area contributed by atoms with Crippen LogP contribution in [0, 0.1) is 11.8 Å². The third-order valence-electron chi connectivity index (χ3n) is 6.25. The standard InChI is InChI=1S/C25H44O6/c1-4-5-8-11-19(26)14-15-21-22(24(29)17-23(21)28)16-20(27)12-9-6-7-10-13-25(30)31-18(2)3/h18,21-24,28-29H,4-17H2,1-3H3/t21-,22?,23?,24?/m1/s1. The van der Waals surface area contributed by atoms with E-state index in [4.69, 9.17) is 4.74 Å². The van der Waals surface area contributed by atoms with Gasteiger partial charge in [-0.3, -0.25) is 14.4 Å². The molecule has 3 unspecified atom stereocenters. The van der Waals surface area contributed by atoms with Gasteiger partial charge in [0.2, 0.25) is 0 Å². The van der Waals surface area contributed by atoms with Gasteiger partial charge in [-0.2, -0.15) is 0 Å². The van der Waals surface area contributed by atoms with Crippen molar-refractivity contribution < 1.29 is 29.3 Å². The first-order chi connectivity index (χ1) is 14.7. The molecule has 6 heteroatoms. The van der Waals surface area contributed by atoms with Crippen LogP contribution in [0.1, 0.15) is 111 Å². The van der Waals surface area contributed by atoms with Gasteiger partial charge in [-0.25, -0.2) is 0 Å². The average Bonchev–Trinajstić information content (AvgIpc) is 2.95. The molecule has 0 aromatic heterocycles. The summed E-state index contributed by atoms with van der Waals surface area (Å²) in [5, 5.41) is 20.7. The number of aliphatic hydroxyl groups is 2. The third-order valence-corrected chi connectivity index (χ3v) is 6.25. The number of aliphatic hydroxyl groups excluding tert-OH is 2. The molecule has 0 aromatic carbocycles. The maximum Gasteiger partial charge on any atom is 0.306 e. The van der Waals surface area contributed by atoms with Gasteiger partial charge in [-0.05, 0) is 57.8 Å². The summed E-state index contributed by atoms with van der Waals surface area (Å²) in [6, 6.07) is 0. The molecule has 1 aliphatic carbocycles. The molecule has 0 radical (unpaired) electrons. The molecule has 2 N–H and O–H groups in total. The molecule has 0 saturated heterocycles. The molecule has 6 nitrogen and oxygen atoms in total. The second kappa shape index (κ2) is 15.5. The monoisotopic (exact) mass is 440 g/mol. The lowest BCUT2D eigenvalue weighted by Gasteiger charge is -2.23. The topological polar surface area (TPSA) is 101 Å². The minimum Gasteiger partial charge on any atom is -0.463 e. The number of rotatable bonds is 17. The van der Waals surface area contributed by atoms with E-state index in [1.165, 1.54) is 0 Å². The lowest BCUT2D eigenvalue weighted by molar-refractivity contribution is -0.147. The van der Waals surface area contributed by atoms with Crippen molar-refractivity contribution in [2.45, 2.75) is 129 Å². The van der Waals surface area contributed by atoms with E-state index in [0.717, 1.165) is 44.9 Å². The zero-order valence-electron chi connectivity index (χ0n) is 19.8. The van der Waals surface area contributed by atoms with Gasteiger partial charge < -0.3 is 14.9 Å². The summed E-state index contributed by atoms with van der Waals surface area (Å²) in [6.45, 7) is 5.77.